The molecule has 2 aliphatic rings. The minimum absolute atomic E-state index is 0.215. The predicted octanol–water partition coefficient (Wildman–Crippen LogP) is 2.22. The lowest BCUT2D eigenvalue weighted by Gasteiger charge is -2.34. The van der Waals surface area contributed by atoms with Gasteiger partial charge in [0.05, 0.1) is 0 Å². The van der Waals surface area contributed by atoms with Crippen molar-refractivity contribution in [3.05, 3.63) is 47.0 Å². The van der Waals surface area contributed by atoms with Gasteiger partial charge in [-0.25, -0.2) is 4.79 Å². The van der Waals surface area contributed by atoms with Crippen molar-refractivity contribution in [1.82, 2.24) is 10.2 Å². The highest BCUT2D eigenvalue weighted by molar-refractivity contribution is 6.30. The summed E-state index contributed by atoms with van der Waals surface area (Å²) in [4.78, 5) is 37.8. The molecule has 1 unspecified atom stereocenters. The van der Waals surface area contributed by atoms with Crippen LogP contribution < -0.4 is 5.32 Å². The van der Waals surface area contributed by atoms with Crippen molar-refractivity contribution in [2.75, 3.05) is 0 Å². The van der Waals surface area contributed by atoms with Gasteiger partial charge in [0.25, 0.3) is 0 Å². The number of nitrogens with zero attached hydrogens (tertiary/aromatic N) is 1. The molecule has 1 saturated heterocycles. The van der Waals surface area contributed by atoms with Gasteiger partial charge in [0.15, 0.2) is 0 Å². The van der Waals surface area contributed by atoms with E-state index in [1.54, 1.807) is 24.3 Å². The second-order valence-electron chi connectivity index (χ2n) is 5.09. The normalized spacial score (nSPS) is 22.8. The summed E-state index contributed by atoms with van der Waals surface area (Å²) in [5.74, 6) is -2.11. The summed E-state index contributed by atoms with van der Waals surface area (Å²) in [6.45, 7) is 0. The van der Waals surface area contributed by atoms with Crippen molar-refractivity contribution in [2.24, 2.45) is 0 Å². The Morgan fingerprint density at radius 3 is 2.52 bits per heavy atom. The zero-order chi connectivity index (χ0) is 15.0. The highest BCUT2D eigenvalue weighted by Gasteiger charge is 2.44. The van der Waals surface area contributed by atoms with Crippen LogP contribution in [0.5, 0.6) is 0 Å². The van der Waals surface area contributed by atoms with Crippen LogP contribution >= 0.6 is 11.6 Å². The van der Waals surface area contributed by atoms with E-state index in [0.29, 0.717) is 23.4 Å². The SMILES string of the molecule is O=C1NC(=O)N(C2CC=CC2)C(=O)C1c1cccc(Cl)c1. The summed E-state index contributed by atoms with van der Waals surface area (Å²) in [7, 11) is 0. The second-order valence-corrected chi connectivity index (χ2v) is 5.52. The van der Waals surface area contributed by atoms with Crippen LogP contribution in [0.1, 0.15) is 24.3 Å². The molecule has 4 amide bonds. The van der Waals surface area contributed by atoms with Crippen LogP contribution in [0, 0.1) is 0 Å². The average molecular weight is 305 g/mol. The van der Waals surface area contributed by atoms with Crippen molar-refractivity contribution in [3.63, 3.8) is 0 Å². The summed E-state index contributed by atoms with van der Waals surface area (Å²) in [5, 5.41) is 2.70. The molecule has 3 rings (SSSR count). The Bertz CT molecular complexity index is 648. The van der Waals surface area contributed by atoms with Crippen LogP contribution in [0.2, 0.25) is 5.02 Å². The lowest BCUT2D eigenvalue weighted by Crippen LogP contribution is -2.59. The van der Waals surface area contributed by atoms with E-state index in [-0.39, 0.29) is 6.04 Å². The summed E-state index contributed by atoms with van der Waals surface area (Å²) in [6.07, 6.45) is 5.09. The van der Waals surface area contributed by atoms with Crippen LogP contribution in [0.3, 0.4) is 0 Å². The smallest absolute Gasteiger partial charge is 0.277 e. The second kappa shape index (κ2) is 5.33. The number of benzene rings is 1. The van der Waals surface area contributed by atoms with E-state index in [1.807, 2.05) is 12.2 Å². The summed E-state index contributed by atoms with van der Waals surface area (Å²) < 4.78 is 0. The minimum atomic E-state index is -1.03. The van der Waals surface area contributed by atoms with Gasteiger partial charge in [0.1, 0.15) is 5.92 Å². The van der Waals surface area contributed by atoms with Crippen molar-refractivity contribution < 1.29 is 14.4 Å². The molecule has 0 bridgehead atoms. The predicted molar refractivity (Wildman–Crippen MR) is 76.7 cm³/mol. The zero-order valence-corrected chi connectivity index (χ0v) is 11.8. The first-order valence-corrected chi connectivity index (χ1v) is 7.04. The highest BCUT2D eigenvalue weighted by atomic mass is 35.5. The fourth-order valence-electron chi connectivity index (χ4n) is 2.73. The molecular formula is C15H13ClN2O3. The van der Waals surface area contributed by atoms with Crippen LogP contribution in [0.25, 0.3) is 0 Å². The minimum Gasteiger partial charge on any atom is -0.277 e. The Morgan fingerprint density at radius 1 is 1.14 bits per heavy atom. The zero-order valence-electron chi connectivity index (χ0n) is 11.1. The highest BCUT2D eigenvalue weighted by Crippen LogP contribution is 2.28. The largest absolute Gasteiger partial charge is 0.331 e. The topological polar surface area (TPSA) is 66.5 Å². The molecular weight excluding hydrogens is 292 g/mol. The molecule has 5 nitrogen and oxygen atoms in total. The molecule has 1 atom stereocenters. The van der Waals surface area contributed by atoms with E-state index in [2.05, 4.69) is 5.32 Å². The first-order valence-electron chi connectivity index (χ1n) is 6.66. The fourth-order valence-corrected chi connectivity index (χ4v) is 2.93. The molecule has 0 aromatic heterocycles. The number of hydrogen-bond acceptors (Lipinski definition) is 3. The van der Waals surface area contributed by atoms with E-state index in [9.17, 15) is 14.4 Å². The fraction of sp³-hybridized carbons (Fsp3) is 0.267. The molecule has 1 aromatic rings. The van der Waals surface area contributed by atoms with Gasteiger partial charge in [0.2, 0.25) is 11.8 Å². The number of carbonyl (C=O) groups excluding carboxylic acids is 3. The van der Waals surface area contributed by atoms with Gasteiger partial charge in [-0.3, -0.25) is 19.8 Å². The number of hydrogen-bond donors (Lipinski definition) is 1. The summed E-state index contributed by atoms with van der Waals surface area (Å²) in [6, 6.07) is 5.72. The van der Waals surface area contributed by atoms with E-state index >= 15 is 0 Å². The van der Waals surface area contributed by atoms with Gasteiger partial charge in [-0.1, -0.05) is 35.9 Å². The number of urea groups is 1. The van der Waals surface area contributed by atoms with Gasteiger partial charge in [-0.05, 0) is 30.5 Å². The Morgan fingerprint density at radius 2 is 1.86 bits per heavy atom. The lowest BCUT2D eigenvalue weighted by molar-refractivity contribution is -0.140. The summed E-state index contributed by atoms with van der Waals surface area (Å²) in [5.41, 5.74) is 0.494. The molecule has 1 N–H and O–H groups in total. The Kier molecular flexibility index (Phi) is 3.51. The first-order chi connectivity index (χ1) is 10.1. The molecule has 108 valence electrons. The molecule has 1 aliphatic carbocycles. The standard InChI is InChI=1S/C15H13ClN2O3/c16-10-5-3-4-9(8-10)12-13(19)17-15(21)18(14(12)20)11-6-1-2-7-11/h1-5,8,11-12H,6-7H2,(H,17,19,21). The molecule has 1 aliphatic heterocycles. The third-order valence-electron chi connectivity index (χ3n) is 3.73. The first kappa shape index (κ1) is 13.8. The molecule has 0 radical (unpaired) electrons. The van der Waals surface area contributed by atoms with E-state index in [4.69, 9.17) is 11.6 Å². The van der Waals surface area contributed by atoms with Gasteiger partial charge in [-0.2, -0.15) is 0 Å². The number of nitrogens with one attached hydrogen (secondary N) is 1. The van der Waals surface area contributed by atoms with Crippen LogP contribution in [-0.4, -0.2) is 28.8 Å². The molecule has 1 aromatic carbocycles. The van der Waals surface area contributed by atoms with Crippen molar-refractivity contribution in [3.8, 4) is 0 Å². The molecule has 0 saturated carbocycles. The number of barbiturate groups is 1. The van der Waals surface area contributed by atoms with E-state index < -0.39 is 23.8 Å². The Labute approximate surface area is 126 Å². The number of imide groups is 2. The van der Waals surface area contributed by atoms with Crippen molar-refractivity contribution >= 4 is 29.4 Å². The van der Waals surface area contributed by atoms with Crippen LogP contribution in [-0.2, 0) is 9.59 Å². The third kappa shape index (κ3) is 2.45. The van der Waals surface area contributed by atoms with Crippen LogP contribution in [0.15, 0.2) is 36.4 Å². The van der Waals surface area contributed by atoms with Gasteiger partial charge in [0, 0.05) is 11.1 Å². The molecule has 6 heteroatoms. The third-order valence-corrected chi connectivity index (χ3v) is 3.96. The monoisotopic (exact) mass is 304 g/mol. The van der Waals surface area contributed by atoms with Gasteiger partial charge < -0.3 is 0 Å². The lowest BCUT2D eigenvalue weighted by atomic mass is 9.94. The molecule has 0 spiro atoms. The van der Waals surface area contributed by atoms with Crippen molar-refractivity contribution in [2.45, 2.75) is 24.8 Å². The maximum Gasteiger partial charge on any atom is 0.331 e. The number of halogens is 1. The van der Waals surface area contributed by atoms with Crippen LogP contribution in [0.4, 0.5) is 4.79 Å². The van der Waals surface area contributed by atoms with Crippen molar-refractivity contribution in [1.29, 1.82) is 0 Å². The summed E-state index contributed by atoms with van der Waals surface area (Å²) >= 11 is 5.92. The maximum absolute atomic E-state index is 12.6. The molecule has 1 fully saturated rings. The molecule has 1 heterocycles. The van der Waals surface area contributed by atoms with Gasteiger partial charge >= 0.3 is 6.03 Å². The maximum atomic E-state index is 12.6. The van der Waals surface area contributed by atoms with Gasteiger partial charge in [-0.15, -0.1) is 0 Å². The van der Waals surface area contributed by atoms with E-state index in [1.165, 1.54) is 0 Å². The number of amides is 4. The Hall–Kier alpha value is -2.14. The number of carbonyl (C=O) groups is 3. The quantitative estimate of drug-likeness (QED) is 0.673. The average Bonchev–Trinajstić information content (AvgIpc) is 2.92. The number of rotatable bonds is 2. The molecule has 21 heavy (non-hydrogen) atoms. The Balaban J connectivity index is 1.94. The van der Waals surface area contributed by atoms with E-state index in [0.717, 1.165) is 4.90 Å².